The zero-order valence-electron chi connectivity index (χ0n) is 22.9. The number of hydrogen-bond acceptors (Lipinski definition) is 11. The standard InChI is InChI=1S/C27H30FN5O8S/c1-16(41-22-7-8-23(42(2,37)38)24-20(22)13-21(28)25(24)34)40-12-11-39-10-9-32-15-17(30-31-32)14-29-33-26(35)18-5-3-4-6-19(18)27(33)36/h3-8,15-16,21,25,29,34H,9-14H2,1-2H3/t16?,21-,25+/m0/s1. The van der Waals surface area contributed by atoms with Crippen molar-refractivity contribution in [3.8, 4) is 5.75 Å². The third-order valence-corrected chi connectivity index (χ3v) is 8.00. The van der Waals surface area contributed by atoms with E-state index < -0.39 is 40.2 Å². The summed E-state index contributed by atoms with van der Waals surface area (Å²) in [5, 5.41) is 19.2. The zero-order valence-corrected chi connectivity index (χ0v) is 23.7. The Morgan fingerprint density at radius 1 is 1.12 bits per heavy atom. The number of carbonyl (C=O) groups excluding carboxylic acids is 2. The molecule has 2 amide bonds. The van der Waals surface area contributed by atoms with Crippen molar-refractivity contribution in [2.45, 2.75) is 49.9 Å². The van der Waals surface area contributed by atoms with Gasteiger partial charge in [0, 0.05) is 30.0 Å². The van der Waals surface area contributed by atoms with Gasteiger partial charge in [-0.1, -0.05) is 17.3 Å². The van der Waals surface area contributed by atoms with Gasteiger partial charge < -0.3 is 19.3 Å². The van der Waals surface area contributed by atoms with E-state index >= 15 is 0 Å². The van der Waals surface area contributed by atoms with Gasteiger partial charge in [-0.2, -0.15) is 0 Å². The molecule has 42 heavy (non-hydrogen) atoms. The van der Waals surface area contributed by atoms with Gasteiger partial charge in [0.2, 0.25) is 0 Å². The van der Waals surface area contributed by atoms with Crippen molar-refractivity contribution in [2.75, 3.05) is 26.1 Å². The van der Waals surface area contributed by atoms with E-state index in [0.29, 0.717) is 35.5 Å². The number of hydrazine groups is 1. The highest BCUT2D eigenvalue weighted by Crippen LogP contribution is 2.42. The first-order chi connectivity index (χ1) is 20.0. The Balaban J connectivity index is 1.02. The van der Waals surface area contributed by atoms with E-state index in [9.17, 15) is 27.5 Å². The molecule has 0 spiro atoms. The van der Waals surface area contributed by atoms with Crippen LogP contribution in [-0.2, 0) is 38.8 Å². The number of aromatic nitrogens is 3. The number of ether oxygens (including phenoxy) is 3. The summed E-state index contributed by atoms with van der Waals surface area (Å²) in [4.78, 5) is 24.8. The second-order valence-electron chi connectivity index (χ2n) is 9.86. The minimum atomic E-state index is -3.66. The lowest BCUT2D eigenvalue weighted by Crippen LogP contribution is -2.42. The van der Waals surface area contributed by atoms with Crippen molar-refractivity contribution < 1.29 is 41.7 Å². The van der Waals surface area contributed by atoms with Crippen LogP contribution in [0.4, 0.5) is 4.39 Å². The van der Waals surface area contributed by atoms with Gasteiger partial charge in [-0.3, -0.25) is 9.59 Å². The number of nitrogens with one attached hydrogen (secondary N) is 1. The Hall–Kier alpha value is -3.76. The largest absolute Gasteiger partial charge is 0.465 e. The normalized spacial score (nSPS) is 18.8. The van der Waals surface area contributed by atoms with E-state index in [1.54, 1.807) is 42.1 Å². The first kappa shape index (κ1) is 29.7. The number of sulfone groups is 1. The molecule has 3 aromatic rings. The van der Waals surface area contributed by atoms with Crippen LogP contribution in [-0.4, -0.2) is 83.9 Å². The second kappa shape index (κ2) is 12.2. The predicted octanol–water partition coefficient (Wildman–Crippen LogP) is 1.37. The number of imide groups is 1. The van der Waals surface area contributed by atoms with Crippen LogP contribution in [0, 0.1) is 0 Å². The zero-order chi connectivity index (χ0) is 30.0. The third-order valence-electron chi connectivity index (χ3n) is 6.85. The Bertz CT molecular complexity index is 1560. The van der Waals surface area contributed by atoms with Crippen molar-refractivity contribution in [2.24, 2.45) is 0 Å². The Labute approximate surface area is 241 Å². The number of rotatable bonds is 13. The molecule has 0 saturated carbocycles. The van der Waals surface area contributed by atoms with Gasteiger partial charge in [-0.25, -0.2) is 27.9 Å². The van der Waals surface area contributed by atoms with Gasteiger partial charge >= 0.3 is 0 Å². The van der Waals surface area contributed by atoms with Gasteiger partial charge in [0.15, 0.2) is 16.1 Å². The summed E-state index contributed by atoms with van der Waals surface area (Å²) in [6.45, 7) is 2.91. The van der Waals surface area contributed by atoms with Crippen LogP contribution in [0.2, 0.25) is 0 Å². The number of nitrogens with zero attached hydrogens (tertiary/aromatic N) is 4. The second-order valence-corrected chi connectivity index (χ2v) is 11.8. The van der Waals surface area contributed by atoms with E-state index in [1.807, 2.05) is 0 Å². The van der Waals surface area contributed by atoms with E-state index in [0.717, 1.165) is 11.3 Å². The number of aliphatic hydroxyl groups excluding tert-OH is 1. The fourth-order valence-electron chi connectivity index (χ4n) is 4.85. The Morgan fingerprint density at radius 3 is 2.52 bits per heavy atom. The maximum absolute atomic E-state index is 14.2. The van der Waals surface area contributed by atoms with Crippen molar-refractivity contribution >= 4 is 21.7 Å². The summed E-state index contributed by atoms with van der Waals surface area (Å²) < 4.78 is 56.9. The molecule has 13 nitrogen and oxygen atoms in total. The molecule has 0 bridgehead atoms. The van der Waals surface area contributed by atoms with Crippen LogP contribution in [0.5, 0.6) is 5.75 Å². The van der Waals surface area contributed by atoms with Gasteiger partial charge in [0.25, 0.3) is 11.8 Å². The molecule has 1 aliphatic heterocycles. The van der Waals surface area contributed by atoms with Crippen LogP contribution in [0.1, 0.15) is 50.6 Å². The van der Waals surface area contributed by atoms with Crippen LogP contribution in [0.3, 0.4) is 0 Å². The average Bonchev–Trinajstić information content (AvgIpc) is 3.60. The molecule has 2 aromatic carbocycles. The van der Waals surface area contributed by atoms with Crippen molar-refractivity contribution in [1.82, 2.24) is 25.4 Å². The number of hydrogen-bond donors (Lipinski definition) is 2. The van der Waals surface area contributed by atoms with Crippen LogP contribution < -0.4 is 10.2 Å². The molecule has 5 rings (SSSR count). The maximum Gasteiger partial charge on any atom is 0.276 e. The van der Waals surface area contributed by atoms with Crippen molar-refractivity contribution in [3.63, 3.8) is 0 Å². The monoisotopic (exact) mass is 603 g/mol. The number of halogens is 1. The van der Waals surface area contributed by atoms with Gasteiger partial charge in [0.05, 0.1) is 54.6 Å². The minimum Gasteiger partial charge on any atom is -0.465 e. The molecular formula is C27H30FN5O8S. The third kappa shape index (κ3) is 6.19. The number of aliphatic hydroxyl groups is 1. The molecule has 0 radical (unpaired) electrons. The molecule has 1 aromatic heterocycles. The summed E-state index contributed by atoms with van der Waals surface area (Å²) in [7, 11) is -3.66. The van der Waals surface area contributed by atoms with Crippen molar-refractivity contribution in [3.05, 3.63) is 70.5 Å². The lowest BCUT2D eigenvalue weighted by atomic mass is 10.1. The summed E-state index contributed by atoms with van der Waals surface area (Å²) in [6, 6.07) is 9.35. The summed E-state index contributed by atoms with van der Waals surface area (Å²) >= 11 is 0. The van der Waals surface area contributed by atoms with E-state index in [2.05, 4.69) is 15.7 Å². The lowest BCUT2D eigenvalue weighted by Gasteiger charge is -2.19. The lowest BCUT2D eigenvalue weighted by molar-refractivity contribution is -0.0841. The van der Waals surface area contributed by atoms with Gasteiger partial charge in [0.1, 0.15) is 18.0 Å². The van der Waals surface area contributed by atoms with Crippen LogP contribution in [0.15, 0.2) is 47.5 Å². The fraction of sp³-hybridized carbons (Fsp3) is 0.407. The highest BCUT2D eigenvalue weighted by molar-refractivity contribution is 7.90. The highest BCUT2D eigenvalue weighted by atomic mass is 32.2. The molecule has 2 aliphatic rings. The van der Waals surface area contributed by atoms with E-state index in [4.69, 9.17) is 14.2 Å². The Kier molecular flexibility index (Phi) is 8.65. The highest BCUT2D eigenvalue weighted by Gasteiger charge is 2.38. The quantitative estimate of drug-likeness (QED) is 0.165. The smallest absolute Gasteiger partial charge is 0.276 e. The fourth-order valence-corrected chi connectivity index (χ4v) is 5.81. The molecular weight excluding hydrogens is 573 g/mol. The number of carbonyl (C=O) groups is 2. The average molecular weight is 604 g/mol. The molecule has 15 heteroatoms. The molecule has 2 heterocycles. The van der Waals surface area contributed by atoms with E-state index in [1.165, 1.54) is 12.1 Å². The summed E-state index contributed by atoms with van der Waals surface area (Å²) in [5.74, 6) is -0.580. The molecule has 1 aliphatic carbocycles. The number of fused-ring (bicyclic) bond motifs is 2. The predicted molar refractivity (Wildman–Crippen MR) is 144 cm³/mol. The van der Waals surface area contributed by atoms with Gasteiger partial charge in [-0.05, 0) is 31.2 Å². The van der Waals surface area contributed by atoms with E-state index in [-0.39, 0.29) is 42.4 Å². The summed E-state index contributed by atoms with van der Waals surface area (Å²) in [5.41, 5.74) is 4.38. The topological polar surface area (TPSA) is 162 Å². The summed E-state index contributed by atoms with van der Waals surface area (Å²) in [6.07, 6.45) is -1.38. The number of alkyl halides is 1. The van der Waals surface area contributed by atoms with Gasteiger partial charge in [-0.15, -0.1) is 5.10 Å². The first-order valence-corrected chi connectivity index (χ1v) is 15.1. The number of amides is 2. The first-order valence-electron chi connectivity index (χ1n) is 13.2. The maximum atomic E-state index is 14.2. The number of benzene rings is 2. The van der Waals surface area contributed by atoms with Crippen LogP contribution >= 0.6 is 0 Å². The molecule has 0 fully saturated rings. The molecule has 3 atom stereocenters. The Morgan fingerprint density at radius 2 is 1.83 bits per heavy atom. The minimum absolute atomic E-state index is 0.0358. The molecule has 1 unspecified atom stereocenters. The van der Waals surface area contributed by atoms with Crippen LogP contribution in [0.25, 0.3) is 0 Å². The SMILES string of the molecule is CC(OCCOCCn1cc(CNN2C(=O)c3ccccc3C2=O)nn1)Oc1ccc(S(C)(=O)=O)c2c1C[C@H](F)[C@H]2O. The molecule has 2 N–H and O–H groups in total. The molecule has 224 valence electrons. The molecule has 0 saturated heterocycles. The van der Waals surface area contributed by atoms with Crippen molar-refractivity contribution in [1.29, 1.82) is 0 Å².